The molecule has 0 amide bonds. The molecule has 0 spiro atoms. The van der Waals surface area contributed by atoms with Gasteiger partial charge in [0.05, 0.1) is 6.10 Å². The van der Waals surface area contributed by atoms with Crippen LogP contribution in [-0.4, -0.2) is 17.7 Å². The summed E-state index contributed by atoms with van der Waals surface area (Å²) in [5.41, 5.74) is 0.814. The summed E-state index contributed by atoms with van der Waals surface area (Å²) in [6.45, 7) is 2.81. The highest BCUT2D eigenvalue weighted by Gasteiger charge is 2.35. The van der Waals surface area contributed by atoms with E-state index in [4.69, 9.17) is 11.6 Å². The van der Waals surface area contributed by atoms with E-state index in [0.717, 1.165) is 11.5 Å². The molecule has 1 aliphatic rings. The number of benzene rings is 1. The summed E-state index contributed by atoms with van der Waals surface area (Å²) in [7, 11) is 0. The van der Waals surface area contributed by atoms with Gasteiger partial charge < -0.3 is 10.4 Å². The summed E-state index contributed by atoms with van der Waals surface area (Å²) in [5, 5.41) is 14.1. The van der Waals surface area contributed by atoms with Crippen molar-refractivity contribution in [1.29, 1.82) is 0 Å². The standard InChI is InChI=1S/C14H20ClNO/c1-2-5-10-8-13(10)16-9-14(17)11-6-3-4-7-12(11)15/h3-4,6-7,10,13-14,16-17H,2,5,8-9H2,1H3. The van der Waals surface area contributed by atoms with Gasteiger partial charge in [0.15, 0.2) is 0 Å². The molecule has 2 rings (SSSR count). The Bertz CT molecular complexity index is 369. The first kappa shape index (κ1) is 12.9. The Balaban J connectivity index is 1.79. The second-order valence-electron chi connectivity index (χ2n) is 4.84. The van der Waals surface area contributed by atoms with Crippen molar-refractivity contribution in [3.8, 4) is 0 Å². The summed E-state index contributed by atoms with van der Waals surface area (Å²) in [6.07, 6.45) is 3.28. The smallest absolute Gasteiger partial charge is 0.0928 e. The first-order chi connectivity index (χ1) is 8.22. The predicted octanol–water partition coefficient (Wildman–Crippen LogP) is 3.15. The maximum Gasteiger partial charge on any atom is 0.0928 e. The van der Waals surface area contributed by atoms with Gasteiger partial charge in [-0.25, -0.2) is 0 Å². The van der Waals surface area contributed by atoms with Crippen LogP contribution >= 0.6 is 11.6 Å². The largest absolute Gasteiger partial charge is 0.387 e. The highest BCUT2D eigenvalue weighted by molar-refractivity contribution is 6.31. The number of hydrogen-bond donors (Lipinski definition) is 2. The van der Waals surface area contributed by atoms with E-state index in [1.54, 1.807) is 0 Å². The molecule has 0 heterocycles. The van der Waals surface area contributed by atoms with Gasteiger partial charge >= 0.3 is 0 Å². The van der Waals surface area contributed by atoms with Gasteiger partial charge in [-0.15, -0.1) is 0 Å². The zero-order valence-electron chi connectivity index (χ0n) is 10.2. The molecule has 0 saturated heterocycles. The van der Waals surface area contributed by atoms with E-state index in [9.17, 15) is 5.11 Å². The van der Waals surface area contributed by atoms with Gasteiger partial charge in [0.2, 0.25) is 0 Å². The summed E-state index contributed by atoms with van der Waals surface area (Å²) in [4.78, 5) is 0. The van der Waals surface area contributed by atoms with Crippen molar-refractivity contribution in [3.63, 3.8) is 0 Å². The molecule has 1 saturated carbocycles. The van der Waals surface area contributed by atoms with Gasteiger partial charge in [-0.2, -0.15) is 0 Å². The Labute approximate surface area is 108 Å². The van der Waals surface area contributed by atoms with Crippen LogP contribution in [0.25, 0.3) is 0 Å². The van der Waals surface area contributed by atoms with Crippen LogP contribution in [0.4, 0.5) is 0 Å². The predicted molar refractivity (Wildman–Crippen MR) is 71.2 cm³/mol. The van der Waals surface area contributed by atoms with E-state index in [1.807, 2.05) is 24.3 Å². The van der Waals surface area contributed by atoms with Gasteiger partial charge in [-0.1, -0.05) is 43.1 Å². The van der Waals surface area contributed by atoms with E-state index in [2.05, 4.69) is 12.2 Å². The molecule has 3 unspecified atom stereocenters. The lowest BCUT2D eigenvalue weighted by molar-refractivity contribution is 0.173. The summed E-state index contributed by atoms with van der Waals surface area (Å²) >= 11 is 6.04. The SMILES string of the molecule is CCCC1CC1NCC(O)c1ccccc1Cl. The summed E-state index contributed by atoms with van der Waals surface area (Å²) in [6, 6.07) is 8.08. The van der Waals surface area contributed by atoms with E-state index in [0.29, 0.717) is 17.6 Å². The molecular formula is C14H20ClNO. The first-order valence-electron chi connectivity index (χ1n) is 6.38. The van der Waals surface area contributed by atoms with Crippen molar-refractivity contribution in [3.05, 3.63) is 34.9 Å². The maximum absolute atomic E-state index is 10.0. The molecule has 1 aromatic carbocycles. The molecule has 17 heavy (non-hydrogen) atoms. The highest BCUT2D eigenvalue weighted by atomic mass is 35.5. The monoisotopic (exact) mass is 253 g/mol. The molecule has 3 heteroatoms. The zero-order chi connectivity index (χ0) is 12.3. The first-order valence-corrected chi connectivity index (χ1v) is 6.76. The molecule has 0 aromatic heterocycles. The Hall–Kier alpha value is -0.570. The number of hydrogen-bond acceptors (Lipinski definition) is 2. The molecule has 1 fully saturated rings. The molecule has 0 aliphatic heterocycles. The molecule has 0 radical (unpaired) electrons. The summed E-state index contributed by atoms with van der Waals surface area (Å²) < 4.78 is 0. The Morgan fingerprint density at radius 1 is 1.47 bits per heavy atom. The lowest BCUT2D eigenvalue weighted by Crippen LogP contribution is -2.24. The summed E-state index contributed by atoms with van der Waals surface area (Å²) in [5.74, 6) is 0.818. The molecule has 2 nitrogen and oxygen atoms in total. The van der Waals surface area contributed by atoms with Gasteiger partial charge in [0.1, 0.15) is 0 Å². The number of rotatable bonds is 6. The third-order valence-corrected chi connectivity index (χ3v) is 3.76. The van der Waals surface area contributed by atoms with Crippen molar-refractivity contribution in [2.75, 3.05) is 6.54 Å². The van der Waals surface area contributed by atoms with Crippen molar-refractivity contribution in [1.82, 2.24) is 5.32 Å². The lowest BCUT2D eigenvalue weighted by atomic mass is 10.1. The van der Waals surface area contributed by atoms with Gasteiger partial charge in [0, 0.05) is 23.2 Å². The number of nitrogens with one attached hydrogen (secondary N) is 1. The minimum atomic E-state index is -0.508. The number of aliphatic hydroxyl groups excluding tert-OH is 1. The van der Waals surface area contributed by atoms with Crippen molar-refractivity contribution in [2.24, 2.45) is 5.92 Å². The Morgan fingerprint density at radius 2 is 2.24 bits per heavy atom. The topological polar surface area (TPSA) is 32.3 Å². The minimum absolute atomic E-state index is 0.508. The number of halogens is 1. The molecular weight excluding hydrogens is 234 g/mol. The van der Waals surface area contributed by atoms with Crippen LogP contribution in [0, 0.1) is 5.92 Å². The van der Waals surface area contributed by atoms with Gasteiger partial charge in [0.25, 0.3) is 0 Å². The van der Waals surface area contributed by atoms with Crippen molar-refractivity contribution < 1.29 is 5.11 Å². The highest BCUT2D eigenvalue weighted by Crippen LogP contribution is 2.35. The molecule has 1 aromatic rings. The van der Waals surface area contributed by atoms with Gasteiger partial charge in [-0.3, -0.25) is 0 Å². The van der Waals surface area contributed by atoms with E-state index in [-0.39, 0.29) is 0 Å². The van der Waals surface area contributed by atoms with Crippen LogP contribution < -0.4 is 5.32 Å². The third kappa shape index (κ3) is 3.44. The van der Waals surface area contributed by atoms with Crippen LogP contribution in [-0.2, 0) is 0 Å². The molecule has 2 N–H and O–H groups in total. The second-order valence-corrected chi connectivity index (χ2v) is 5.24. The van der Waals surface area contributed by atoms with Crippen LogP contribution in [0.2, 0.25) is 5.02 Å². The van der Waals surface area contributed by atoms with Crippen LogP contribution in [0.5, 0.6) is 0 Å². The minimum Gasteiger partial charge on any atom is -0.387 e. The van der Waals surface area contributed by atoms with Crippen LogP contribution in [0.3, 0.4) is 0 Å². The van der Waals surface area contributed by atoms with Crippen LogP contribution in [0.1, 0.15) is 37.9 Å². The molecule has 3 atom stereocenters. The third-order valence-electron chi connectivity index (χ3n) is 3.42. The normalized spacial score (nSPS) is 24.6. The van der Waals surface area contributed by atoms with E-state index >= 15 is 0 Å². The zero-order valence-corrected chi connectivity index (χ0v) is 11.0. The molecule has 1 aliphatic carbocycles. The van der Waals surface area contributed by atoms with E-state index in [1.165, 1.54) is 19.3 Å². The second kappa shape index (κ2) is 5.85. The Kier molecular flexibility index (Phi) is 4.43. The fourth-order valence-electron chi connectivity index (χ4n) is 2.31. The maximum atomic E-state index is 10.0. The fourth-order valence-corrected chi connectivity index (χ4v) is 2.57. The Morgan fingerprint density at radius 3 is 2.94 bits per heavy atom. The van der Waals surface area contributed by atoms with Crippen LogP contribution in [0.15, 0.2) is 24.3 Å². The van der Waals surface area contributed by atoms with E-state index < -0.39 is 6.10 Å². The fraction of sp³-hybridized carbons (Fsp3) is 0.571. The average molecular weight is 254 g/mol. The number of aliphatic hydroxyl groups is 1. The lowest BCUT2D eigenvalue weighted by Gasteiger charge is -2.13. The average Bonchev–Trinajstić information content (AvgIpc) is 3.06. The van der Waals surface area contributed by atoms with Crippen molar-refractivity contribution >= 4 is 11.6 Å². The molecule has 94 valence electrons. The quantitative estimate of drug-likeness (QED) is 0.816. The van der Waals surface area contributed by atoms with Gasteiger partial charge in [-0.05, 0) is 24.8 Å². The molecule has 0 bridgehead atoms. The van der Waals surface area contributed by atoms with Crippen molar-refractivity contribution in [2.45, 2.75) is 38.3 Å².